The number of sulfonamides is 1. The summed E-state index contributed by atoms with van der Waals surface area (Å²) in [6.45, 7) is 4.84. The third-order valence-corrected chi connectivity index (χ3v) is 7.52. The molecule has 0 unspecified atom stereocenters. The van der Waals surface area contributed by atoms with Crippen molar-refractivity contribution in [3.63, 3.8) is 0 Å². The monoisotopic (exact) mass is 454 g/mol. The number of piperidine rings is 1. The SMILES string of the molecule is Cc1cc(C)c(-c2cc(C(=O)Nc3ccc(S(=O)(=O)N4CCCCC4)cc3)[nH]n2)c(O)c1. The standard InChI is InChI=1S/C23H26N4O4S/c1-15-12-16(2)22(21(28)13-15)19-14-20(26-25-19)23(29)24-17-6-8-18(9-7-17)32(30,31)27-10-4-3-5-11-27/h6-9,12-14,28H,3-5,10-11H2,1-2H3,(H,24,29)(H,25,26). The van der Waals surface area contributed by atoms with Crippen molar-refractivity contribution in [1.29, 1.82) is 0 Å². The van der Waals surface area contributed by atoms with Crippen LogP contribution in [0.5, 0.6) is 5.75 Å². The van der Waals surface area contributed by atoms with Crippen LogP contribution in [-0.4, -0.2) is 47.0 Å². The highest BCUT2D eigenvalue weighted by Gasteiger charge is 2.25. The van der Waals surface area contributed by atoms with E-state index in [0.717, 1.165) is 30.4 Å². The molecule has 4 rings (SSSR count). The first-order valence-electron chi connectivity index (χ1n) is 10.5. The number of hydrogen-bond donors (Lipinski definition) is 3. The number of benzene rings is 2. The number of carbonyl (C=O) groups is 1. The summed E-state index contributed by atoms with van der Waals surface area (Å²) in [4.78, 5) is 12.9. The summed E-state index contributed by atoms with van der Waals surface area (Å²) in [6.07, 6.45) is 2.80. The summed E-state index contributed by atoms with van der Waals surface area (Å²) in [5.41, 5.74) is 3.52. The van der Waals surface area contributed by atoms with Crippen LogP contribution in [0.25, 0.3) is 11.3 Å². The summed E-state index contributed by atoms with van der Waals surface area (Å²) < 4.78 is 27.0. The molecule has 3 aromatic rings. The molecule has 0 aliphatic carbocycles. The van der Waals surface area contributed by atoms with Gasteiger partial charge in [-0.3, -0.25) is 9.89 Å². The molecule has 9 heteroatoms. The number of phenols is 1. The summed E-state index contributed by atoms with van der Waals surface area (Å²) in [5.74, 6) is -0.314. The van der Waals surface area contributed by atoms with Gasteiger partial charge in [-0.25, -0.2) is 8.42 Å². The van der Waals surface area contributed by atoms with Gasteiger partial charge in [-0.1, -0.05) is 12.5 Å². The molecule has 0 spiro atoms. The van der Waals surface area contributed by atoms with Gasteiger partial charge in [0, 0.05) is 24.3 Å². The Balaban J connectivity index is 1.48. The number of nitrogens with one attached hydrogen (secondary N) is 2. The second kappa shape index (κ2) is 8.76. The van der Waals surface area contributed by atoms with Gasteiger partial charge in [0.25, 0.3) is 5.91 Å². The van der Waals surface area contributed by atoms with Crippen molar-refractivity contribution in [3.05, 3.63) is 59.3 Å². The van der Waals surface area contributed by atoms with Gasteiger partial charge in [-0.05, 0) is 74.2 Å². The van der Waals surface area contributed by atoms with E-state index in [9.17, 15) is 18.3 Å². The molecule has 1 aliphatic heterocycles. The minimum atomic E-state index is -3.52. The highest BCUT2D eigenvalue weighted by atomic mass is 32.2. The molecule has 1 fully saturated rings. The summed E-state index contributed by atoms with van der Waals surface area (Å²) >= 11 is 0. The van der Waals surface area contributed by atoms with Gasteiger partial charge < -0.3 is 10.4 Å². The normalized spacial score (nSPS) is 14.9. The molecule has 168 valence electrons. The topological polar surface area (TPSA) is 115 Å². The first-order chi connectivity index (χ1) is 15.3. The lowest BCUT2D eigenvalue weighted by Crippen LogP contribution is -2.35. The molecule has 0 bridgehead atoms. The predicted molar refractivity (Wildman–Crippen MR) is 122 cm³/mol. The smallest absolute Gasteiger partial charge is 0.273 e. The lowest BCUT2D eigenvalue weighted by atomic mass is 10.0. The van der Waals surface area contributed by atoms with Crippen LogP contribution in [0.3, 0.4) is 0 Å². The van der Waals surface area contributed by atoms with E-state index in [1.165, 1.54) is 16.4 Å². The number of aromatic amines is 1. The lowest BCUT2D eigenvalue weighted by molar-refractivity contribution is 0.102. The fraction of sp³-hybridized carbons (Fsp3) is 0.304. The number of aromatic hydroxyl groups is 1. The minimum Gasteiger partial charge on any atom is -0.507 e. The van der Waals surface area contributed by atoms with E-state index < -0.39 is 15.9 Å². The second-order valence-electron chi connectivity index (χ2n) is 8.09. The highest BCUT2D eigenvalue weighted by Crippen LogP contribution is 2.32. The molecule has 1 aromatic heterocycles. The van der Waals surface area contributed by atoms with E-state index in [1.807, 2.05) is 19.9 Å². The lowest BCUT2D eigenvalue weighted by Gasteiger charge is -2.25. The minimum absolute atomic E-state index is 0.103. The van der Waals surface area contributed by atoms with E-state index in [2.05, 4.69) is 15.5 Å². The maximum atomic E-state index is 12.8. The Morgan fingerprint density at radius 1 is 1.06 bits per heavy atom. The number of hydrogen-bond acceptors (Lipinski definition) is 5. The van der Waals surface area contributed by atoms with Crippen molar-refractivity contribution in [1.82, 2.24) is 14.5 Å². The molecular weight excluding hydrogens is 428 g/mol. The first kappa shape index (κ1) is 22.0. The second-order valence-corrected chi connectivity index (χ2v) is 10.0. The quantitative estimate of drug-likeness (QED) is 0.542. The highest BCUT2D eigenvalue weighted by molar-refractivity contribution is 7.89. The van der Waals surface area contributed by atoms with Crippen molar-refractivity contribution < 1.29 is 18.3 Å². The van der Waals surface area contributed by atoms with Crippen molar-refractivity contribution in [2.24, 2.45) is 0 Å². The molecule has 0 radical (unpaired) electrons. The van der Waals surface area contributed by atoms with Crippen LogP contribution in [0.15, 0.2) is 47.4 Å². The van der Waals surface area contributed by atoms with E-state index in [1.54, 1.807) is 24.3 Å². The summed E-state index contributed by atoms with van der Waals surface area (Å²) in [7, 11) is -3.52. The van der Waals surface area contributed by atoms with Crippen LogP contribution in [0.1, 0.15) is 40.9 Å². The van der Waals surface area contributed by atoms with Crippen LogP contribution in [0.2, 0.25) is 0 Å². The molecule has 1 amide bonds. The number of carbonyl (C=O) groups excluding carboxylic acids is 1. The molecule has 1 saturated heterocycles. The number of aryl methyl sites for hydroxylation is 2. The van der Waals surface area contributed by atoms with E-state index in [0.29, 0.717) is 30.0 Å². The number of nitrogens with zero attached hydrogens (tertiary/aromatic N) is 2. The number of H-pyrrole nitrogens is 1. The fourth-order valence-electron chi connectivity index (χ4n) is 4.01. The number of aromatic nitrogens is 2. The molecular formula is C23H26N4O4S. The van der Waals surface area contributed by atoms with Gasteiger partial charge in [-0.2, -0.15) is 9.40 Å². The maximum Gasteiger partial charge on any atom is 0.273 e. The van der Waals surface area contributed by atoms with Gasteiger partial charge in [0.2, 0.25) is 10.0 Å². The Labute approximate surface area is 187 Å². The van der Waals surface area contributed by atoms with Gasteiger partial charge in [0.15, 0.2) is 0 Å². The van der Waals surface area contributed by atoms with E-state index in [4.69, 9.17) is 0 Å². The van der Waals surface area contributed by atoms with Crippen LogP contribution >= 0.6 is 0 Å². The number of rotatable bonds is 5. The van der Waals surface area contributed by atoms with Crippen molar-refractivity contribution in [2.45, 2.75) is 38.0 Å². The van der Waals surface area contributed by atoms with Gasteiger partial charge >= 0.3 is 0 Å². The third kappa shape index (κ3) is 4.39. The first-order valence-corrected chi connectivity index (χ1v) is 12.0. The van der Waals surface area contributed by atoms with Crippen molar-refractivity contribution in [3.8, 4) is 17.0 Å². The Morgan fingerprint density at radius 2 is 1.75 bits per heavy atom. The number of phenolic OH excluding ortho intramolecular Hbond substituents is 1. The van der Waals surface area contributed by atoms with Crippen LogP contribution in [0, 0.1) is 13.8 Å². The van der Waals surface area contributed by atoms with Gasteiger partial charge in [0.05, 0.1) is 10.6 Å². The zero-order chi connectivity index (χ0) is 22.9. The Morgan fingerprint density at radius 3 is 2.41 bits per heavy atom. The zero-order valence-electron chi connectivity index (χ0n) is 18.1. The van der Waals surface area contributed by atoms with Crippen molar-refractivity contribution >= 4 is 21.6 Å². The average Bonchev–Trinajstić information content (AvgIpc) is 3.24. The van der Waals surface area contributed by atoms with E-state index >= 15 is 0 Å². The predicted octanol–water partition coefficient (Wildman–Crippen LogP) is 3.83. The molecule has 2 heterocycles. The molecule has 1 aliphatic rings. The Bertz CT molecular complexity index is 1220. The average molecular weight is 455 g/mol. The van der Waals surface area contributed by atoms with Crippen LogP contribution < -0.4 is 5.32 Å². The van der Waals surface area contributed by atoms with Crippen LogP contribution in [0.4, 0.5) is 5.69 Å². The van der Waals surface area contributed by atoms with Gasteiger partial charge in [0.1, 0.15) is 11.4 Å². The van der Waals surface area contributed by atoms with E-state index in [-0.39, 0.29) is 16.3 Å². The summed E-state index contributed by atoms with van der Waals surface area (Å²) in [5, 5.41) is 19.9. The third-order valence-electron chi connectivity index (χ3n) is 5.60. The largest absolute Gasteiger partial charge is 0.507 e. The van der Waals surface area contributed by atoms with Gasteiger partial charge in [-0.15, -0.1) is 0 Å². The maximum absolute atomic E-state index is 12.8. The zero-order valence-corrected chi connectivity index (χ0v) is 18.9. The molecule has 2 aromatic carbocycles. The Kier molecular flexibility index (Phi) is 6.03. The summed E-state index contributed by atoms with van der Waals surface area (Å²) in [6, 6.07) is 11.3. The Hall–Kier alpha value is -3.17. The molecule has 0 atom stereocenters. The number of anilines is 1. The molecule has 3 N–H and O–H groups in total. The van der Waals surface area contributed by atoms with Crippen LogP contribution in [-0.2, 0) is 10.0 Å². The van der Waals surface area contributed by atoms with Crippen molar-refractivity contribution in [2.75, 3.05) is 18.4 Å². The number of amides is 1. The molecule has 8 nitrogen and oxygen atoms in total. The molecule has 0 saturated carbocycles. The fourth-order valence-corrected chi connectivity index (χ4v) is 5.52. The molecule has 32 heavy (non-hydrogen) atoms.